The Morgan fingerprint density at radius 1 is 1.32 bits per heavy atom. The highest BCUT2D eigenvalue weighted by Crippen LogP contribution is 2.31. The summed E-state index contributed by atoms with van der Waals surface area (Å²) in [5.41, 5.74) is 0.185. The second-order valence-corrected chi connectivity index (χ2v) is 6.46. The molecule has 1 aromatic heterocycles. The molecule has 2 aliphatic heterocycles. The summed E-state index contributed by atoms with van der Waals surface area (Å²) in [4.78, 5) is 35.6. The summed E-state index contributed by atoms with van der Waals surface area (Å²) >= 11 is 0. The molecule has 25 heavy (non-hydrogen) atoms. The van der Waals surface area contributed by atoms with E-state index in [1.807, 2.05) is 24.3 Å². The van der Waals surface area contributed by atoms with Gasteiger partial charge in [0.05, 0.1) is 24.0 Å². The van der Waals surface area contributed by atoms with Crippen LogP contribution in [-0.4, -0.2) is 70.7 Å². The maximum absolute atomic E-state index is 12.5. The number of carbonyl (C=O) groups excluding carboxylic acids is 2. The van der Waals surface area contributed by atoms with Crippen LogP contribution in [0.5, 0.6) is 5.88 Å². The minimum absolute atomic E-state index is 0.110. The zero-order valence-corrected chi connectivity index (χ0v) is 13.8. The maximum atomic E-state index is 12.5. The Labute approximate surface area is 144 Å². The molecule has 8 nitrogen and oxygen atoms in total. The van der Waals surface area contributed by atoms with Crippen molar-refractivity contribution in [3.05, 3.63) is 30.6 Å². The fourth-order valence-corrected chi connectivity index (χ4v) is 3.38. The molecule has 4 rings (SSSR count). The van der Waals surface area contributed by atoms with E-state index in [2.05, 4.69) is 9.97 Å². The average Bonchev–Trinajstić information content (AvgIpc) is 3.15. The standard InChI is InChI=1S/C17H18N4O4/c1-20-9-17(25-16(20)23)6-7-21(10-17)14(22)8-24-15-12-4-2-3-5-13(12)18-11-19-15/h2-5,11H,6-10H2,1H3/t17-/m0/s1. The minimum Gasteiger partial charge on any atom is -0.467 e. The molecule has 1 aromatic carbocycles. The lowest BCUT2D eigenvalue weighted by molar-refractivity contribution is -0.133. The van der Waals surface area contributed by atoms with E-state index < -0.39 is 5.60 Å². The van der Waals surface area contributed by atoms with Crippen molar-refractivity contribution in [3.63, 3.8) is 0 Å². The van der Waals surface area contributed by atoms with Gasteiger partial charge in [0.1, 0.15) is 6.33 Å². The quantitative estimate of drug-likeness (QED) is 0.829. The van der Waals surface area contributed by atoms with E-state index in [-0.39, 0.29) is 18.6 Å². The van der Waals surface area contributed by atoms with Crippen LogP contribution < -0.4 is 4.74 Å². The van der Waals surface area contributed by atoms with Crippen LogP contribution in [-0.2, 0) is 9.53 Å². The van der Waals surface area contributed by atoms with E-state index in [4.69, 9.17) is 9.47 Å². The van der Waals surface area contributed by atoms with Gasteiger partial charge in [-0.3, -0.25) is 4.79 Å². The number of fused-ring (bicyclic) bond motifs is 1. The van der Waals surface area contributed by atoms with Crippen molar-refractivity contribution in [2.24, 2.45) is 0 Å². The first-order valence-corrected chi connectivity index (χ1v) is 8.11. The van der Waals surface area contributed by atoms with Crippen LogP contribution in [0.1, 0.15) is 6.42 Å². The van der Waals surface area contributed by atoms with Gasteiger partial charge in [0.2, 0.25) is 5.88 Å². The fraction of sp³-hybridized carbons (Fsp3) is 0.412. The molecule has 2 fully saturated rings. The molecule has 1 spiro atoms. The van der Waals surface area contributed by atoms with E-state index in [9.17, 15) is 9.59 Å². The molecule has 0 bridgehead atoms. The SMILES string of the molecule is CN1C[C@]2(CCN(C(=O)COc3ncnc4ccccc34)C2)OC1=O. The first kappa shape index (κ1) is 15.6. The maximum Gasteiger partial charge on any atom is 0.410 e. The lowest BCUT2D eigenvalue weighted by Crippen LogP contribution is -2.40. The van der Waals surface area contributed by atoms with Crippen molar-refractivity contribution in [2.75, 3.05) is 33.3 Å². The van der Waals surface area contributed by atoms with Gasteiger partial charge < -0.3 is 19.3 Å². The highest BCUT2D eigenvalue weighted by Gasteiger charge is 2.49. The monoisotopic (exact) mass is 342 g/mol. The van der Waals surface area contributed by atoms with Crippen molar-refractivity contribution in [2.45, 2.75) is 12.0 Å². The van der Waals surface area contributed by atoms with Crippen LogP contribution in [0, 0.1) is 0 Å². The van der Waals surface area contributed by atoms with Crippen LogP contribution in [0.2, 0.25) is 0 Å². The molecule has 0 unspecified atom stereocenters. The lowest BCUT2D eigenvalue weighted by Gasteiger charge is -2.21. The topological polar surface area (TPSA) is 84.9 Å². The Bertz CT molecular complexity index is 837. The fourth-order valence-electron chi connectivity index (χ4n) is 3.38. The first-order valence-electron chi connectivity index (χ1n) is 8.11. The van der Waals surface area contributed by atoms with Gasteiger partial charge >= 0.3 is 6.09 Å². The zero-order chi connectivity index (χ0) is 17.4. The smallest absolute Gasteiger partial charge is 0.410 e. The number of ether oxygens (including phenoxy) is 2. The largest absolute Gasteiger partial charge is 0.467 e. The van der Waals surface area contributed by atoms with Crippen LogP contribution in [0.25, 0.3) is 10.9 Å². The number of hydrogen-bond donors (Lipinski definition) is 0. The Balaban J connectivity index is 1.41. The number of likely N-dealkylation sites (N-methyl/N-ethyl adjacent to an activating group) is 1. The molecule has 1 atom stereocenters. The van der Waals surface area contributed by atoms with Crippen LogP contribution in [0.3, 0.4) is 0 Å². The Morgan fingerprint density at radius 2 is 2.16 bits per heavy atom. The van der Waals surface area contributed by atoms with Gasteiger partial charge in [0.25, 0.3) is 5.91 Å². The number of benzene rings is 1. The van der Waals surface area contributed by atoms with Gasteiger partial charge in [-0.1, -0.05) is 12.1 Å². The van der Waals surface area contributed by atoms with E-state index in [1.165, 1.54) is 11.2 Å². The summed E-state index contributed by atoms with van der Waals surface area (Å²) in [6, 6.07) is 7.47. The molecule has 2 saturated heterocycles. The number of aromatic nitrogens is 2. The molecule has 2 amide bonds. The molecule has 2 aromatic rings. The second-order valence-electron chi connectivity index (χ2n) is 6.46. The van der Waals surface area contributed by atoms with E-state index in [1.54, 1.807) is 11.9 Å². The van der Waals surface area contributed by atoms with Crippen LogP contribution in [0.15, 0.2) is 30.6 Å². The van der Waals surface area contributed by atoms with Gasteiger partial charge in [0, 0.05) is 20.0 Å². The third-order valence-corrected chi connectivity index (χ3v) is 4.65. The summed E-state index contributed by atoms with van der Waals surface area (Å²) in [5.74, 6) is 0.241. The van der Waals surface area contributed by atoms with Gasteiger partial charge in [-0.25, -0.2) is 14.8 Å². The predicted octanol–water partition coefficient (Wildman–Crippen LogP) is 1.06. The zero-order valence-electron chi connectivity index (χ0n) is 13.8. The summed E-state index contributed by atoms with van der Waals surface area (Å²) in [7, 11) is 1.70. The summed E-state index contributed by atoms with van der Waals surface area (Å²) in [6.07, 6.45) is 1.73. The molecule has 0 aliphatic carbocycles. The van der Waals surface area contributed by atoms with Crippen molar-refractivity contribution >= 4 is 22.9 Å². The van der Waals surface area contributed by atoms with E-state index >= 15 is 0 Å². The molecule has 130 valence electrons. The number of rotatable bonds is 3. The summed E-state index contributed by atoms with van der Waals surface area (Å²) in [6.45, 7) is 1.34. The molecule has 2 aliphatic rings. The third-order valence-electron chi connectivity index (χ3n) is 4.65. The predicted molar refractivity (Wildman–Crippen MR) is 88.1 cm³/mol. The molecule has 3 heterocycles. The van der Waals surface area contributed by atoms with E-state index in [0.29, 0.717) is 31.9 Å². The third kappa shape index (κ3) is 2.84. The molecule has 0 radical (unpaired) electrons. The lowest BCUT2D eigenvalue weighted by atomic mass is 10.0. The van der Waals surface area contributed by atoms with Gasteiger partial charge in [-0.15, -0.1) is 0 Å². The molecular weight excluding hydrogens is 324 g/mol. The molecule has 0 saturated carbocycles. The first-order chi connectivity index (χ1) is 12.1. The van der Waals surface area contributed by atoms with Crippen molar-refractivity contribution in [1.29, 1.82) is 0 Å². The Kier molecular flexibility index (Phi) is 3.67. The molecular formula is C17H18N4O4. The number of likely N-dealkylation sites (tertiary alicyclic amines) is 1. The van der Waals surface area contributed by atoms with Crippen LogP contribution >= 0.6 is 0 Å². The normalized spacial score (nSPS) is 22.7. The highest BCUT2D eigenvalue weighted by atomic mass is 16.6. The summed E-state index contributed by atoms with van der Waals surface area (Å²) in [5, 5.41) is 0.766. The van der Waals surface area contributed by atoms with Crippen molar-refractivity contribution in [1.82, 2.24) is 19.8 Å². The molecule has 8 heteroatoms. The minimum atomic E-state index is -0.580. The van der Waals surface area contributed by atoms with Crippen molar-refractivity contribution < 1.29 is 19.1 Å². The van der Waals surface area contributed by atoms with Crippen LogP contribution in [0.4, 0.5) is 4.79 Å². The second kappa shape index (κ2) is 5.87. The Morgan fingerprint density at radius 3 is 2.96 bits per heavy atom. The number of para-hydroxylation sites is 1. The summed E-state index contributed by atoms with van der Waals surface area (Å²) < 4.78 is 11.1. The number of carbonyl (C=O) groups is 2. The number of hydrogen-bond acceptors (Lipinski definition) is 6. The number of nitrogens with zero attached hydrogens (tertiary/aromatic N) is 4. The van der Waals surface area contributed by atoms with Gasteiger partial charge in [-0.05, 0) is 12.1 Å². The van der Waals surface area contributed by atoms with Gasteiger partial charge in [0.15, 0.2) is 12.2 Å². The van der Waals surface area contributed by atoms with E-state index in [0.717, 1.165) is 10.9 Å². The average molecular weight is 342 g/mol. The van der Waals surface area contributed by atoms with Gasteiger partial charge in [-0.2, -0.15) is 0 Å². The van der Waals surface area contributed by atoms with Crippen molar-refractivity contribution in [3.8, 4) is 5.88 Å². The number of amides is 2. The highest BCUT2D eigenvalue weighted by molar-refractivity contribution is 5.84. The molecule has 0 N–H and O–H groups in total. The Hall–Kier alpha value is -2.90.